The van der Waals surface area contributed by atoms with Gasteiger partial charge < -0.3 is 5.32 Å². The molecule has 0 radical (unpaired) electrons. The van der Waals surface area contributed by atoms with Crippen molar-refractivity contribution in [2.75, 3.05) is 0 Å². The van der Waals surface area contributed by atoms with Crippen LogP contribution in [0.25, 0.3) is 0 Å². The fraction of sp³-hybridized carbons (Fsp3) is 0.353. The van der Waals surface area contributed by atoms with Crippen LogP contribution in [0.1, 0.15) is 43.0 Å². The number of rotatable bonds is 4. The number of nitrogens with one attached hydrogen (secondary N) is 1. The van der Waals surface area contributed by atoms with Crippen LogP contribution in [0.4, 0.5) is 0 Å². The second-order valence-electron chi connectivity index (χ2n) is 5.56. The largest absolute Gasteiger partial charge is 0.306 e. The van der Waals surface area contributed by atoms with Crippen LogP contribution in [0.2, 0.25) is 0 Å². The molecule has 1 fully saturated rings. The van der Waals surface area contributed by atoms with E-state index in [0.29, 0.717) is 18.0 Å². The number of aromatic nitrogens is 1. The van der Waals surface area contributed by atoms with Crippen LogP contribution in [-0.2, 0) is 0 Å². The highest BCUT2D eigenvalue weighted by Gasteiger charge is 2.31. The monoisotopic (exact) mass is 330 g/mol. The smallest absolute Gasteiger partial charge is 0.0570 e. The van der Waals surface area contributed by atoms with Crippen molar-refractivity contribution in [3.05, 3.63) is 64.4 Å². The van der Waals surface area contributed by atoms with Gasteiger partial charge in [0.15, 0.2) is 0 Å². The average Bonchev–Trinajstić information content (AvgIpc) is 2.44. The van der Waals surface area contributed by atoms with Crippen LogP contribution >= 0.6 is 15.9 Å². The second kappa shape index (κ2) is 6.06. The number of hydrogen-bond acceptors (Lipinski definition) is 2. The van der Waals surface area contributed by atoms with Gasteiger partial charge in [0, 0.05) is 22.8 Å². The van der Waals surface area contributed by atoms with E-state index < -0.39 is 0 Å². The van der Waals surface area contributed by atoms with Crippen LogP contribution in [0.5, 0.6) is 0 Å². The Bertz CT molecular complexity index is 547. The molecule has 3 rings (SSSR count). The van der Waals surface area contributed by atoms with Crippen molar-refractivity contribution in [3.63, 3.8) is 0 Å². The van der Waals surface area contributed by atoms with Gasteiger partial charge in [-0.25, -0.2) is 0 Å². The first kappa shape index (κ1) is 13.8. The van der Waals surface area contributed by atoms with E-state index in [9.17, 15) is 0 Å². The summed E-state index contributed by atoms with van der Waals surface area (Å²) in [6, 6.07) is 15.8. The maximum atomic E-state index is 4.41. The quantitative estimate of drug-likeness (QED) is 0.896. The summed E-state index contributed by atoms with van der Waals surface area (Å²) < 4.78 is 1.15. The van der Waals surface area contributed by atoms with E-state index in [-0.39, 0.29) is 0 Å². The van der Waals surface area contributed by atoms with Crippen molar-refractivity contribution in [1.82, 2.24) is 10.3 Å². The van der Waals surface area contributed by atoms with Gasteiger partial charge in [0.05, 0.1) is 5.69 Å². The van der Waals surface area contributed by atoms with Crippen LogP contribution in [-0.4, -0.2) is 11.0 Å². The molecule has 1 saturated carbocycles. The summed E-state index contributed by atoms with van der Waals surface area (Å²) >= 11 is 3.49. The Kier molecular flexibility index (Phi) is 4.18. The summed E-state index contributed by atoms with van der Waals surface area (Å²) in [6.07, 6.45) is 4.30. The number of halogens is 1. The Morgan fingerprint density at radius 3 is 2.55 bits per heavy atom. The molecule has 1 aromatic heterocycles. The molecule has 3 heteroatoms. The molecular formula is C17H19BrN2. The highest BCUT2D eigenvalue weighted by atomic mass is 79.9. The highest BCUT2D eigenvalue weighted by molar-refractivity contribution is 9.10. The zero-order valence-corrected chi connectivity index (χ0v) is 13.2. The zero-order chi connectivity index (χ0) is 13.9. The van der Waals surface area contributed by atoms with E-state index in [1.807, 2.05) is 18.3 Å². The molecule has 1 unspecified atom stereocenters. The predicted molar refractivity (Wildman–Crippen MR) is 85.7 cm³/mol. The normalized spacial score (nSPS) is 23.1. The molecule has 1 N–H and O–H groups in total. The summed E-state index contributed by atoms with van der Waals surface area (Å²) in [4.78, 5) is 4.41. The van der Waals surface area contributed by atoms with Gasteiger partial charge in [-0.05, 0) is 55.5 Å². The van der Waals surface area contributed by atoms with Gasteiger partial charge in [-0.2, -0.15) is 0 Å². The Hall–Kier alpha value is -1.19. The molecular weight excluding hydrogens is 312 g/mol. The zero-order valence-electron chi connectivity index (χ0n) is 11.6. The molecule has 1 heterocycles. The maximum absolute atomic E-state index is 4.41. The first-order chi connectivity index (χ1) is 9.72. The summed E-state index contributed by atoms with van der Waals surface area (Å²) in [6.45, 7) is 2.19. The van der Waals surface area contributed by atoms with Gasteiger partial charge in [0.1, 0.15) is 0 Å². The van der Waals surface area contributed by atoms with Crippen molar-refractivity contribution >= 4 is 15.9 Å². The fourth-order valence-corrected chi connectivity index (χ4v) is 3.10. The minimum Gasteiger partial charge on any atom is -0.306 e. The number of benzene rings is 1. The van der Waals surface area contributed by atoms with E-state index in [1.54, 1.807) is 0 Å². The Balaban J connectivity index is 1.52. The highest BCUT2D eigenvalue weighted by Crippen LogP contribution is 2.38. The van der Waals surface area contributed by atoms with E-state index in [0.717, 1.165) is 10.2 Å². The number of nitrogens with zero attached hydrogens (tertiary/aromatic N) is 1. The predicted octanol–water partition coefficient (Wildman–Crippen LogP) is 4.44. The number of hydrogen-bond donors (Lipinski definition) is 1. The lowest BCUT2D eigenvalue weighted by atomic mass is 9.75. The first-order valence-corrected chi connectivity index (χ1v) is 7.94. The summed E-state index contributed by atoms with van der Waals surface area (Å²) in [7, 11) is 0. The molecule has 104 valence electrons. The molecule has 20 heavy (non-hydrogen) atoms. The van der Waals surface area contributed by atoms with E-state index >= 15 is 0 Å². The summed E-state index contributed by atoms with van der Waals surface area (Å²) in [5, 5.41) is 3.67. The van der Waals surface area contributed by atoms with Crippen molar-refractivity contribution in [2.45, 2.75) is 37.8 Å². The van der Waals surface area contributed by atoms with Crippen LogP contribution in [0, 0.1) is 0 Å². The lowest BCUT2D eigenvalue weighted by molar-refractivity contribution is 0.269. The van der Waals surface area contributed by atoms with Crippen molar-refractivity contribution in [1.29, 1.82) is 0 Å². The molecule has 1 atom stereocenters. The lowest BCUT2D eigenvalue weighted by Crippen LogP contribution is -2.41. The number of pyridine rings is 1. The molecule has 0 spiro atoms. The molecule has 1 aliphatic carbocycles. The van der Waals surface area contributed by atoms with Gasteiger partial charge in [0.25, 0.3) is 0 Å². The van der Waals surface area contributed by atoms with E-state index in [1.165, 1.54) is 18.4 Å². The van der Waals surface area contributed by atoms with Gasteiger partial charge in [-0.1, -0.05) is 34.1 Å². The maximum Gasteiger partial charge on any atom is 0.0570 e. The SMILES string of the molecule is CC(NC1CC(c2ccc(Br)cc2)C1)c1ccccn1. The third kappa shape index (κ3) is 3.10. The van der Waals surface area contributed by atoms with Crippen LogP contribution in [0.3, 0.4) is 0 Å². The minimum absolute atomic E-state index is 0.326. The van der Waals surface area contributed by atoms with Crippen molar-refractivity contribution in [3.8, 4) is 0 Å². The topological polar surface area (TPSA) is 24.9 Å². The molecule has 0 aliphatic heterocycles. The third-order valence-corrected chi connectivity index (χ3v) is 4.63. The molecule has 1 aromatic carbocycles. The average molecular weight is 331 g/mol. The standard InChI is InChI=1S/C17H19BrN2/c1-12(17-4-2-3-9-19-17)20-16-10-14(11-16)13-5-7-15(18)8-6-13/h2-9,12,14,16,20H,10-11H2,1H3. The van der Waals surface area contributed by atoms with Crippen molar-refractivity contribution in [2.24, 2.45) is 0 Å². The van der Waals surface area contributed by atoms with E-state index in [2.05, 4.69) is 63.5 Å². The second-order valence-corrected chi connectivity index (χ2v) is 6.48. The Morgan fingerprint density at radius 1 is 1.15 bits per heavy atom. The van der Waals surface area contributed by atoms with Gasteiger partial charge in [-0.3, -0.25) is 4.98 Å². The Morgan fingerprint density at radius 2 is 1.90 bits per heavy atom. The van der Waals surface area contributed by atoms with Crippen molar-refractivity contribution < 1.29 is 0 Å². The van der Waals surface area contributed by atoms with Gasteiger partial charge >= 0.3 is 0 Å². The molecule has 0 amide bonds. The first-order valence-electron chi connectivity index (χ1n) is 7.15. The summed E-state index contributed by atoms with van der Waals surface area (Å²) in [5.74, 6) is 0.705. The Labute approximate surface area is 128 Å². The summed E-state index contributed by atoms with van der Waals surface area (Å²) in [5.41, 5.74) is 2.58. The van der Waals surface area contributed by atoms with Crippen LogP contribution in [0.15, 0.2) is 53.1 Å². The van der Waals surface area contributed by atoms with Gasteiger partial charge in [0.2, 0.25) is 0 Å². The molecule has 1 aliphatic rings. The van der Waals surface area contributed by atoms with Gasteiger partial charge in [-0.15, -0.1) is 0 Å². The minimum atomic E-state index is 0.326. The molecule has 2 aromatic rings. The fourth-order valence-electron chi connectivity index (χ4n) is 2.83. The third-order valence-electron chi connectivity index (χ3n) is 4.10. The molecule has 0 bridgehead atoms. The molecule has 0 saturated heterocycles. The molecule has 2 nitrogen and oxygen atoms in total. The van der Waals surface area contributed by atoms with Crippen LogP contribution < -0.4 is 5.32 Å². The lowest BCUT2D eigenvalue weighted by Gasteiger charge is -2.38. The van der Waals surface area contributed by atoms with E-state index in [4.69, 9.17) is 0 Å².